The Balaban J connectivity index is 0.988. The van der Waals surface area contributed by atoms with E-state index in [9.17, 15) is 0 Å². The lowest BCUT2D eigenvalue weighted by atomic mass is 9.84. The molecule has 0 unspecified atom stereocenters. The summed E-state index contributed by atoms with van der Waals surface area (Å²) in [6, 6.07) is 134. The molecule has 2 nitrogen and oxygen atoms in total. The van der Waals surface area contributed by atoms with Crippen LogP contribution in [-0.2, 0) is 0 Å². The van der Waals surface area contributed by atoms with Crippen molar-refractivity contribution in [1.82, 2.24) is 0 Å². The monoisotopic (exact) mass is 1170 g/mol. The van der Waals surface area contributed by atoms with E-state index in [0.717, 1.165) is 111 Å². The van der Waals surface area contributed by atoms with E-state index in [-0.39, 0.29) is 0 Å². The summed E-state index contributed by atoms with van der Waals surface area (Å²) in [6.45, 7) is 0. The molecule has 0 amide bonds. The average Bonchev–Trinajstić information content (AvgIpc) is 0.728. The maximum atomic E-state index is 2.48. The first kappa shape index (κ1) is 54.1. The SMILES string of the molecule is c1ccc(-c2cc(-c3ccccc3)cc(N(c3ccccc3)c3ccc4c(-c5ccc6ccc7ccccc7c6c5)c5cc(N(c6ccccc6)c6cc(-c7ccccc7)cc(-c7ccccc7)c6)ccc5c(-c5ccc6ccc7ccccc7c6c5)c4c3)c2)cc1. The van der Waals surface area contributed by atoms with E-state index < -0.39 is 0 Å². The van der Waals surface area contributed by atoms with E-state index in [1.54, 1.807) is 0 Å². The van der Waals surface area contributed by atoms with Crippen molar-refractivity contribution in [3.8, 4) is 66.8 Å². The zero-order chi connectivity index (χ0) is 60.9. The molecule has 0 bridgehead atoms. The molecule has 0 spiro atoms. The third-order valence-corrected chi connectivity index (χ3v) is 18.5. The predicted molar refractivity (Wildman–Crippen MR) is 393 cm³/mol. The summed E-state index contributed by atoms with van der Waals surface area (Å²) in [7, 11) is 0. The largest absolute Gasteiger partial charge is 0.310 e. The van der Waals surface area contributed by atoms with Gasteiger partial charge in [-0.2, -0.15) is 0 Å². The second-order valence-electron chi connectivity index (χ2n) is 24.0. The maximum absolute atomic E-state index is 2.48. The topological polar surface area (TPSA) is 6.48 Å². The summed E-state index contributed by atoms with van der Waals surface area (Å²) in [4.78, 5) is 4.91. The van der Waals surface area contributed by atoms with Gasteiger partial charge in [0.2, 0.25) is 0 Å². The minimum atomic E-state index is 1.05. The Morgan fingerprint density at radius 1 is 0.130 bits per heavy atom. The van der Waals surface area contributed by atoms with Crippen molar-refractivity contribution in [3.05, 3.63) is 364 Å². The van der Waals surface area contributed by atoms with Gasteiger partial charge in [0.15, 0.2) is 0 Å². The lowest BCUT2D eigenvalue weighted by Crippen LogP contribution is -2.11. The molecule has 0 N–H and O–H groups in total. The molecule has 0 atom stereocenters. The number of hydrogen-bond acceptors (Lipinski definition) is 2. The van der Waals surface area contributed by atoms with Gasteiger partial charge in [-0.25, -0.2) is 0 Å². The van der Waals surface area contributed by atoms with Gasteiger partial charge in [0.1, 0.15) is 0 Å². The summed E-state index contributed by atoms with van der Waals surface area (Å²) in [5.74, 6) is 0. The molecule has 0 heterocycles. The van der Waals surface area contributed by atoms with Gasteiger partial charge in [0, 0.05) is 34.1 Å². The fourth-order valence-corrected chi connectivity index (χ4v) is 14.1. The van der Waals surface area contributed by atoms with Gasteiger partial charge in [-0.3, -0.25) is 0 Å². The lowest BCUT2D eigenvalue weighted by Gasteiger charge is -2.29. The number of benzene rings is 17. The van der Waals surface area contributed by atoms with E-state index in [4.69, 9.17) is 0 Å². The Hall–Kier alpha value is -12.1. The second-order valence-corrected chi connectivity index (χ2v) is 24.0. The van der Waals surface area contributed by atoms with Crippen molar-refractivity contribution in [3.63, 3.8) is 0 Å². The number of para-hydroxylation sites is 2. The number of fused-ring (bicyclic) bond motifs is 8. The van der Waals surface area contributed by atoms with Gasteiger partial charge in [0.25, 0.3) is 0 Å². The summed E-state index contributed by atoms with van der Waals surface area (Å²) in [5, 5.41) is 14.4. The molecule has 0 aromatic heterocycles. The summed E-state index contributed by atoms with van der Waals surface area (Å²) >= 11 is 0. The van der Waals surface area contributed by atoms with Crippen LogP contribution in [0.4, 0.5) is 34.1 Å². The molecule has 0 aliphatic carbocycles. The number of nitrogens with zero attached hydrogens (tertiary/aromatic N) is 2. The highest BCUT2D eigenvalue weighted by Crippen LogP contribution is 2.51. The van der Waals surface area contributed by atoms with Crippen LogP contribution in [-0.4, -0.2) is 0 Å². The number of rotatable bonds is 12. The molecule has 0 radical (unpaired) electrons. The summed E-state index contributed by atoms with van der Waals surface area (Å²) < 4.78 is 0. The second kappa shape index (κ2) is 23.1. The molecular formula is C90H60N2. The average molecular weight is 1170 g/mol. The normalized spacial score (nSPS) is 11.5. The van der Waals surface area contributed by atoms with E-state index >= 15 is 0 Å². The Morgan fingerprint density at radius 2 is 0.424 bits per heavy atom. The fourth-order valence-electron chi connectivity index (χ4n) is 14.1. The van der Waals surface area contributed by atoms with Crippen LogP contribution in [0.3, 0.4) is 0 Å². The molecule has 17 aromatic rings. The van der Waals surface area contributed by atoms with Crippen molar-refractivity contribution in [2.45, 2.75) is 0 Å². The van der Waals surface area contributed by atoms with Gasteiger partial charge < -0.3 is 9.80 Å². The van der Waals surface area contributed by atoms with Crippen molar-refractivity contribution < 1.29 is 0 Å². The van der Waals surface area contributed by atoms with Crippen molar-refractivity contribution >= 4 is 98.8 Å². The molecule has 0 saturated heterocycles. The summed E-state index contributed by atoms with van der Waals surface area (Å²) in [5.41, 5.74) is 20.2. The minimum Gasteiger partial charge on any atom is -0.310 e. The van der Waals surface area contributed by atoms with Gasteiger partial charge in [-0.1, -0.05) is 267 Å². The lowest BCUT2D eigenvalue weighted by molar-refractivity contribution is 1.29. The number of hydrogen-bond donors (Lipinski definition) is 0. The Labute approximate surface area is 536 Å². The van der Waals surface area contributed by atoms with E-state index in [1.807, 2.05) is 0 Å². The first-order chi connectivity index (χ1) is 45.6. The Bertz CT molecular complexity index is 5150. The minimum absolute atomic E-state index is 1.05. The number of anilines is 6. The summed E-state index contributed by atoms with van der Waals surface area (Å²) in [6.07, 6.45) is 0. The molecule has 0 aliphatic rings. The molecule has 0 aliphatic heterocycles. The molecule has 0 fully saturated rings. The quantitative estimate of drug-likeness (QED) is 0.0889. The Kier molecular flexibility index (Phi) is 13.6. The van der Waals surface area contributed by atoms with Crippen LogP contribution < -0.4 is 9.80 Å². The van der Waals surface area contributed by atoms with Gasteiger partial charge >= 0.3 is 0 Å². The van der Waals surface area contributed by atoms with Crippen LogP contribution in [0.1, 0.15) is 0 Å². The smallest absolute Gasteiger partial charge is 0.0473 e. The molecule has 2 heteroatoms. The van der Waals surface area contributed by atoms with Crippen LogP contribution in [0.25, 0.3) is 131 Å². The molecule has 430 valence electrons. The third kappa shape index (κ3) is 9.88. The van der Waals surface area contributed by atoms with Crippen LogP contribution in [0.2, 0.25) is 0 Å². The van der Waals surface area contributed by atoms with E-state index in [1.165, 1.54) is 54.2 Å². The van der Waals surface area contributed by atoms with E-state index in [2.05, 4.69) is 374 Å². The van der Waals surface area contributed by atoms with Gasteiger partial charge in [-0.15, -0.1) is 0 Å². The van der Waals surface area contributed by atoms with Crippen molar-refractivity contribution in [2.75, 3.05) is 9.80 Å². The highest BCUT2D eigenvalue weighted by molar-refractivity contribution is 6.24. The maximum Gasteiger partial charge on any atom is 0.0473 e. The first-order valence-corrected chi connectivity index (χ1v) is 31.7. The van der Waals surface area contributed by atoms with Gasteiger partial charge in [-0.05, 0) is 228 Å². The highest BCUT2D eigenvalue weighted by atomic mass is 15.1. The van der Waals surface area contributed by atoms with Crippen LogP contribution >= 0.6 is 0 Å². The van der Waals surface area contributed by atoms with Crippen LogP contribution in [0.5, 0.6) is 0 Å². The van der Waals surface area contributed by atoms with Crippen LogP contribution in [0.15, 0.2) is 364 Å². The predicted octanol–water partition coefficient (Wildman–Crippen LogP) is 25.5. The zero-order valence-electron chi connectivity index (χ0n) is 50.5. The highest BCUT2D eigenvalue weighted by Gasteiger charge is 2.25. The third-order valence-electron chi connectivity index (χ3n) is 18.5. The Morgan fingerprint density at radius 3 is 0.772 bits per heavy atom. The van der Waals surface area contributed by atoms with Gasteiger partial charge in [0.05, 0.1) is 0 Å². The molecule has 17 rings (SSSR count). The first-order valence-electron chi connectivity index (χ1n) is 31.7. The zero-order valence-corrected chi connectivity index (χ0v) is 50.5. The van der Waals surface area contributed by atoms with Crippen molar-refractivity contribution in [1.29, 1.82) is 0 Å². The van der Waals surface area contributed by atoms with Crippen LogP contribution in [0, 0.1) is 0 Å². The van der Waals surface area contributed by atoms with E-state index in [0.29, 0.717) is 0 Å². The molecule has 0 saturated carbocycles. The molecule has 17 aromatic carbocycles. The fraction of sp³-hybridized carbons (Fsp3) is 0. The standard InChI is InChI=1S/C90H60N2/c1-7-23-61(24-8-1)71-51-72(62-25-9-2-10-26-62)54-79(53-71)91(75-33-15-5-16-34-75)77-47-49-83-87(59-77)89(69-45-43-67-41-39-65-31-19-21-37-81(65)85(67)57-69)84-50-48-78(60-88(84)90(83)70-46-44-68-42-40-66-32-20-22-38-82(66)86(68)58-70)92(76-35-17-6-18-36-76)80-55-73(63-27-11-3-12-28-63)52-74(56-80)64-29-13-4-14-30-64/h1-60H. The molecule has 92 heavy (non-hydrogen) atoms. The van der Waals surface area contributed by atoms with Crippen molar-refractivity contribution in [2.24, 2.45) is 0 Å². The molecular weight excluding hydrogens is 1110 g/mol.